The van der Waals surface area contributed by atoms with Crippen LogP contribution in [0.5, 0.6) is 0 Å². The van der Waals surface area contributed by atoms with Gasteiger partial charge in [0.15, 0.2) is 46.8 Å². The maximum Gasteiger partial charge on any atom is 0.306 e. The number of likely N-dealkylation sites (N-methyl/N-ethyl adjacent to an activating group) is 2. The number of ether oxygens (including phenoxy) is 9. The summed E-state index contributed by atoms with van der Waals surface area (Å²) >= 11 is 29.4. The third kappa shape index (κ3) is 42.2. The number of esters is 6. The Bertz CT molecular complexity index is 2200. The van der Waals surface area contributed by atoms with Crippen molar-refractivity contribution < 1.29 is 71.4 Å². The van der Waals surface area contributed by atoms with Gasteiger partial charge in [-0.25, -0.2) is 13.7 Å². The van der Waals surface area contributed by atoms with Crippen LogP contribution in [0.15, 0.2) is 0 Å². The van der Waals surface area contributed by atoms with E-state index in [1.807, 2.05) is 48.5 Å². The zero-order valence-corrected chi connectivity index (χ0v) is 66.8. The topological polar surface area (TPSA) is 255 Å². The third-order valence-corrected chi connectivity index (χ3v) is 22.1. The van der Waals surface area contributed by atoms with Crippen LogP contribution in [-0.4, -0.2) is 223 Å². The van der Waals surface area contributed by atoms with Crippen molar-refractivity contribution in [2.45, 2.75) is 271 Å². The molecule has 98 heavy (non-hydrogen) atoms. The molecule has 10 atom stereocenters. The van der Waals surface area contributed by atoms with Crippen LogP contribution in [0.25, 0.3) is 0 Å². The highest BCUT2D eigenvalue weighted by Crippen LogP contribution is 2.39. The van der Waals surface area contributed by atoms with Crippen LogP contribution >= 0.6 is 103 Å². The van der Waals surface area contributed by atoms with E-state index in [0.29, 0.717) is 119 Å². The van der Waals surface area contributed by atoms with Crippen molar-refractivity contribution in [1.82, 2.24) is 39.8 Å². The highest BCUT2D eigenvalue weighted by molar-refractivity contribution is 8.77. The van der Waals surface area contributed by atoms with Crippen molar-refractivity contribution in [2.75, 3.05) is 102 Å². The van der Waals surface area contributed by atoms with E-state index in [1.54, 1.807) is 8.84 Å². The Labute approximate surface area is 628 Å². The van der Waals surface area contributed by atoms with Gasteiger partial charge in [0.2, 0.25) is 12.6 Å². The van der Waals surface area contributed by atoms with Crippen molar-refractivity contribution >= 4 is 149 Å². The molecule has 0 bridgehead atoms. The van der Waals surface area contributed by atoms with Crippen LogP contribution in [0.1, 0.15) is 209 Å². The number of hydrogen-bond donors (Lipinski definition) is 5. The van der Waals surface area contributed by atoms with Crippen LogP contribution in [0.4, 0.5) is 0 Å². The second-order valence-electron chi connectivity index (χ2n) is 24.0. The lowest BCUT2D eigenvalue weighted by molar-refractivity contribution is -0.371. The van der Waals surface area contributed by atoms with E-state index in [4.69, 9.17) is 102 Å². The first-order chi connectivity index (χ1) is 47.4. The fourth-order valence-corrected chi connectivity index (χ4v) is 15.1. The van der Waals surface area contributed by atoms with Gasteiger partial charge in [0.1, 0.15) is 12.2 Å². The fraction of sp³-hybridized carbons (Fsp3) is 0.879. The number of halogens is 3. The molecule has 23 nitrogen and oxygen atoms in total. The second kappa shape index (κ2) is 59.4. The molecule has 0 aliphatic carbocycles. The Morgan fingerprint density at radius 2 is 0.704 bits per heavy atom. The second-order valence-corrected chi connectivity index (χ2v) is 31.3. The number of unbranched alkanes of at least 4 members (excludes halogenated alkanes) is 12. The maximum absolute atomic E-state index is 14.3. The molecule has 2 aliphatic rings. The Kier molecular flexibility index (Phi) is 56.0. The van der Waals surface area contributed by atoms with Crippen LogP contribution in [-0.2, 0) is 71.4 Å². The van der Waals surface area contributed by atoms with E-state index in [0.717, 1.165) is 96.7 Å². The van der Waals surface area contributed by atoms with E-state index < -0.39 is 97.2 Å². The number of hydrogen-bond acceptors (Lipinski definition) is 25. The molecule has 0 amide bonds. The SMILES string of the molecule is CCCCCC(=O)OC1C(OC(=O)CCCCC)[C@H](OC(=O)CCCCC)[C@@H](CSSCCNC(=S)NCCN(Cl)CCN(Cl)CC)O[C@@H]1O[C@H]1OC(CSSCCNC(=S)NCCN(CC)CCNCl)[C@@H](OC(=O)CCCCC)[C@H](OC(=O)CCCCC)C1OC(=O)CCCCC. The van der Waals surface area contributed by atoms with Gasteiger partial charge in [-0.1, -0.05) is 176 Å². The van der Waals surface area contributed by atoms with E-state index in [9.17, 15) is 28.8 Å². The molecule has 5 N–H and O–H groups in total. The summed E-state index contributed by atoms with van der Waals surface area (Å²) in [5.41, 5.74) is 0. The maximum atomic E-state index is 14.3. The first-order valence-electron chi connectivity index (χ1n) is 35.9. The lowest BCUT2D eigenvalue weighted by Crippen LogP contribution is -2.66. The molecule has 32 heteroatoms. The van der Waals surface area contributed by atoms with Crippen molar-refractivity contribution in [2.24, 2.45) is 0 Å². The Balaban J connectivity index is 2.86. The van der Waals surface area contributed by atoms with Gasteiger partial charge in [0.25, 0.3) is 0 Å². The molecule has 0 spiro atoms. The van der Waals surface area contributed by atoms with Crippen LogP contribution in [0, 0.1) is 0 Å². The number of thiocarbonyl (C=S) groups is 2. The molecule has 2 rings (SSSR count). The largest absolute Gasteiger partial charge is 0.455 e. The molecule has 0 saturated carbocycles. The van der Waals surface area contributed by atoms with Gasteiger partial charge >= 0.3 is 35.8 Å². The van der Waals surface area contributed by atoms with Crippen molar-refractivity contribution in [3.8, 4) is 0 Å². The number of carbonyl (C=O) groups excluding carboxylic acids is 6. The van der Waals surface area contributed by atoms with E-state index in [2.05, 4.69) is 37.9 Å². The summed E-state index contributed by atoms with van der Waals surface area (Å²) in [4.78, 5) is 90.3. The molecule has 0 aromatic carbocycles. The molecule has 0 radical (unpaired) electrons. The summed E-state index contributed by atoms with van der Waals surface area (Å²) in [5, 5.41) is 13.9. The number of nitrogens with one attached hydrogen (secondary N) is 5. The standard InChI is InChI=1S/C66H119Cl3N8O15S6/c1-9-17-23-29-51(78)86-57-49(47-97-95-45-38-72-65(93)70-35-40-75(15-7)41-37-74-67)84-63(61(90-55(82)33-27-21-13-5)59(57)88-53(80)31-25-19-11-3)92-64-62(91-56(83)34-28-22-14-6)60(89-54(81)32-26-20-12-4)58(87-52(79)30-24-18-10-2)50(85-64)48-98-96-46-39-73-66(94)71-36-42-77(69)44-43-76(68)16-8/h49-50,57-64,74H,9-48H2,1-8H3,(H2,70,72,93)(H2,71,73,94)/t49?,50-,57-,58-,59+,60?,61?,62?,63-,64-/m1/s1. The first kappa shape index (κ1) is 92.3. The van der Waals surface area contributed by atoms with Gasteiger partial charge in [0, 0.05) is 134 Å². The Hall–Kier alpha value is -1.81. The lowest BCUT2D eigenvalue weighted by atomic mass is 9.97. The number of nitrogens with zero attached hydrogens (tertiary/aromatic N) is 3. The quantitative estimate of drug-likeness (QED) is 0.00947. The van der Waals surface area contributed by atoms with Crippen LogP contribution in [0.3, 0.4) is 0 Å². The van der Waals surface area contributed by atoms with E-state index >= 15 is 0 Å². The summed E-state index contributed by atoms with van der Waals surface area (Å²) in [7, 11) is 5.80. The van der Waals surface area contributed by atoms with E-state index in [-0.39, 0.29) is 50.0 Å². The molecule has 2 aliphatic heterocycles. The summed E-state index contributed by atoms with van der Waals surface area (Å²) in [6.45, 7) is 23.7. The predicted octanol–water partition coefficient (Wildman–Crippen LogP) is 12.1. The third-order valence-electron chi connectivity index (χ3n) is 15.8. The molecule has 2 heterocycles. The number of rotatable bonds is 58. The van der Waals surface area contributed by atoms with Gasteiger partial charge in [-0.3, -0.25) is 28.8 Å². The average molecular weight is 1560 g/mol. The van der Waals surface area contributed by atoms with Crippen molar-refractivity contribution in [3.05, 3.63) is 0 Å². The summed E-state index contributed by atoms with van der Waals surface area (Å²) in [6, 6.07) is 0. The summed E-state index contributed by atoms with van der Waals surface area (Å²) < 4.78 is 62.8. The zero-order valence-electron chi connectivity index (χ0n) is 59.6. The van der Waals surface area contributed by atoms with Gasteiger partial charge in [0.05, 0.1) is 0 Å². The summed E-state index contributed by atoms with van der Waals surface area (Å²) in [5.74, 6) is -2.32. The minimum atomic E-state index is -1.68. The van der Waals surface area contributed by atoms with Crippen molar-refractivity contribution in [1.29, 1.82) is 0 Å². The molecule has 4 unspecified atom stereocenters. The average Bonchev–Trinajstić information content (AvgIpc) is 0.771. The normalized spacial score (nSPS) is 20.8. The minimum absolute atomic E-state index is 0.00842. The fourth-order valence-electron chi connectivity index (χ4n) is 10.2. The molecule has 0 aromatic heterocycles. The van der Waals surface area contributed by atoms with Crippen LogP contribution < -0.4 is 26.1 Å². The molecular weight excluding hydrogens is 1440 g/mol. The highest BCUT2D eigenvalue weighted by atomic mass is 35.5. The Morgan fingerprint density at radius 1 is 0.388 bits per heavy atom. The van der Waals surface area contributed by atoms with Gasteiger partial charge in [-0.2, -0.15) is 0 Å². The van der Waals surface area contributed by atoms with Gasteiger partial charge < -0.3 is 68.8 Å². The van der Waals surface area contributed by atoms with Gasteiger partial charge in [-0.15, -0.1) is 0 Å². The minimum Gasteiger partial charge on any atom is -0.455 e. The molecule has 0 aromatic rings. The molecular formula is C66H119Cl3N8O15S6. The monoisotopic (exact) mass is 1560 g/mol. The molecule has 2 saturated heterocycles. The first-order valence-corrected chi connectivity index (χ1v) is 42.8. The summed E-state index contributed by atoms with van der Waals surface area (Å²) in [6.07, 6.45) is -1.91. The number of carbonyl (C=O) groups is 6. The predicted molar refractivity (Wildman–Crippen MR) is 406 cm³/mol. The molecule has 2 fully saturated rings. The van der Waals surface area contributed by atoms with E-state index in [1.165, 1.54) is 43.2 Å². The lowest BCUT2D eigenvalue weighted by Gasteiger charge is -2.48. The highest BCUT2D eigenvalue weighted by Gasteiger charge is 2.58. The Morgan fingerprint density at radius 3 is 1.04 bits per heavy atom. The zero-order chi connectivity index (χ0) is 72.1. The van der Waals surface area contributed by atoms with Crippen molar-refractivity contribution in [3.63, 3.8) is 0 Å². The molecule has 570 valence electrons. The van der Waals surface area contributed by atoms with Gasteiger partial charge in [-0.05, 0) is 105 Å². The smallest absolute Gasteiger partial charge is 0.306 e. The van der Waals surface area contributed by atoms with Crippen LogP contribution in [0.2, 0.25) is 0 Å².